The maximum Gasteiger partial charge on any atom is 0.0849 e. The minimum absolute atomic E-state index is 0.172. The molecule has 0 saturated heterocycles. The zero-order valence-electron chi connectivity index (χ0n) is 19.8. The number of allylic oxidation sites excluding steroid dienone is 3. The average Bonchev–Trinajstić information content (AvgIpc) is 3.07. The first-order valence-electron chi connectivity index (χ1n) is 12.4. The molecule has 3 fully saturated rings. The monoisotopic (exact) mass is 432 g/mol. The molecule has 3 saturated carbocycles. The second-order valence-corrected chi connectivity index (χ2v) is 11.2. The van der Waals surface area contributed by atoms with E-state index in [-0.39, 0.29) is 6.61 Å². The maximum atomic E-state index is 10.1. The predicted molar refractivity (Wildman–Crippen MR) is 125 cm³/mol. The maximum absolute atomic E-state index is 10.1. The lowest BCUT2D eigenvalue weighted by Gasteiger charge is -2.44. The molecule has 0 amide bonds. The Kier molecular flexibility index (Phi) is 7.89. The molecule has 3 aliphatic rings. The van der Waals surface area contributed by atoms with E-state index < -0.39 is 17.8 Å². The second-order valence-electron chi connectivity index (χ2n) is 11.2. The largest absolute Gasteiger partial charge is 0.393 e. The normalized spacial score (nSPS) is 39.5. The Morgan fingerprint density at radius 3 is 2.71 bits per heavy atom. The van der Waals surface area contributed by atoms with Gasteiger partial charge in [-0.25, -0.2) is 0 Å². The van der Waals surface area contributed by atoms with Crippen LogP contribution in [0.5, 0.6) is 0 Å². The van der Waals surface area contributed by atoms with Crippen LogP contribution in [-0.2, 0) is 0 Å². The summed E-state index contributed by atoms with van der Waals surface area (Å²) < 4.78 is 0. The highest BCUT2D eigenvalue weighted by atomic mass is 16.3. The topological polar surface area (TPSA) is 80.9 Å². The van der Waals surface area contributed by atoms with Gasteiger partial charge in [-0.15, -0.1) is 0 Å². The van der Waals surface area contributed by atoms with Gasteiger partial charge in [0.05, 0.1) is 24.4 Å². The molecule has 4 heteroatoms. The van der Waals surface area contributed by atoms with Crippen molar-refractivity contribution in [3.8, 4) is 0 Å². The third kappa shape index (κ3) is 5.52. The van der Waals surface area contributed by atoms with Crippen LogP contribution in [-0.4, -0.2) is 44.8 Å². The van der Waals surface area contributed by atoms with Gasteiger partial charge in [0.25, 0.3) is 0 Å². The van der Waals surface area contributed by atoms with Crippen LogP contribution in [0.3, 0.4) is 0 Å². The summed E-state index contributed by atoms with van der Waals surface area (Å²) in [5.74, 6) is 1.92. The first kappa shape index (κ1) is 24.7. The Morgan fingerprint density at radius 1 is 1.26 bits per heavy atom. The van der Waals surface area contributed by atoms with Crippen LogP contribution in [0, 0.1) is 23.2 Å². The Bertz CT molecular complexity index is 706. The molecule has 31 heavy (non-hydrogen) atoms. The molecule has 0 bridgehead atoms. The molecule has 0 spiro atoms. The van der Waals surface area contributed by atoms with Crippen molar-refractivity contribution < 1.29 is 20.4 Å². The highest BCUT2D eigenvalue weighted by Gasteiger charge is 2.50. The van der Waals surface area contributed by atoms with Crippen molar-refractivity contribution in [2.45, 2.75) is 103 Å². The lowest BCUT2D eigenvalue weighted by atomic mass is 9.60. The molecule has 0 aliphatic heterocycles. The third-order valence-electron chi connectivity index (χ3n) is 8.70. The molecule has 176 valence electrons. The molecule has 7 atom stereocenters. The fourth-order valence-electron chi connectivity index (χ4n) is 6.76. The van der Waals surface area contributed by atoms with Crippen molar-refractivity contribution in [3.05, 3.63) is 35.5 Å². The van der Waals surface area contributed by atoms with E-state index in [4.69, 9.17) is 0 Å². The van der Waals surface area contributed by atoms with Gasteiger partial charge in [-0.1, -0.05) is 51.0 Å². The number of hydrogen-bond donors (Lipinski definition) is 4. The van der Waals surface area contributed by atoms with Gasteiger partial charge in [0, 0.05) is 6.42 Å². The standard InChI is InChI=1S/C27H44O4/c1-18(7-5-13-26(3,31)17-28)23-11-12-24-20(8-6-14-27(23,24)4)9-10-21-15-22(29)16-25(30)19(21)2/h9-10,18,22-25,28-31H,2,5-8,11-17H2,1,3-4H3/b20-9+,21-10-. The zero-order valence-corrected chi connectivity index (χ0v) is 19.8. The molecular weight excluding hydrogens is 388 g/mol. The predicted octanol–water partition coefficient (Wildman–Crippen LogP) is 4.68. The molecule has 0 heterocycles. The SMILES string of the molecule is C=C1/C(=C\C=C2/CCCC3(C)C2CCC3C(C)CCCC(C)(O)CO)CC(O)CC1O. The second kappa shape index (κ2) is 9.91. The lowest BCUT2D eigenvalue weighted by Crippen LogP contribution is -2.36. The molecule has 4 N–H and O–H groups in total. The van der Waals surface area contributed by atoms with Gasteiger partial charge in [0.2, 0.25) is 0 Å². The summed E-state index contributed by atoms with van der Waals surface area (Å²) in [6.07, 6.45) is 13.1. The summed E-state index contributed by atoms with van der Waals surface area (Å²) in [4.78, 5) is 0. The van der Waals surface area contributed by atoms with Crippen molar-refractivity contribution in [2.75, 3.05) is 6.61 Å². The first-order chi connectivity index (χ1) is 14.6. The van der Waals surface area contributed by atoms with Gasteiger partial charge in [0.15, 0.2) is 0 Å². The summed E-state index contributed by atoms with van der Waals surface area (Å²) in [7, 11) is 0. The Labute approximate surface area is 188 Å². The van der Waals surface area contributed by atoms with E-state index in [9.17, 15) is 20.4 Å². The van der Waals surface area contributed by atoms with Crippen LogP contribution in [0.4, 0.5) is 0 Å². The summed E-state index contributed by atoms with van der Waals surface area (Å²) in [5, 5.41) is 39.5. The Balaban J connectivity index is 1.68. The minimum Gasteiger partial charge on any atom is -0.393 e. The average molecular weight is 433 g/mol. The highest BCUT2D eigenvalue weighted by Crippen LogP contribution is 2.60. The zero-order chi connectivity index (χ0) is 22.8. The van der Waals surface area contributed by atoms with E-state index in [2.05, 4.69) is 32.6 Å². The van der Waals surface area contributed by atoms with Crippen LogP contribution < -0.4 is 0 Å². The smallest absolute Gasteiger partial charge is 0.0849 e. The molecule has 0 aromatic carbocycles. The molecule has 7 unspecified atom stereocenters. The summed E-state index contributed by atoms with van der Waals surface area (Å²) in [6.45, 7) is 10.5. The van der Waals surface area contributed by atoms with Gasteiger partial charge in [-0.05, 0) is 86.2 Å². The van der Waals surface area contributed by atoms with Gasteiger partial charge >= 0.3 is 0 Å². The van der Waals surface area contributed by atoms with Crippen LogP contribution >= 0.6 is 0 Å². The molecular formula is C27H44O4. The molecule has 0 radical (unpaired) electrons. The number of rotatable bonds is 7. The van der Waals surface area contributed by atoms with E-state index >= 15 is 0 Å². The summed E-state index contributed by atoms with van der Waals surface area (Å²) in [6, 6.07) is 0. The van der Waals surface area contributed by atoms with Crippen molar-refractivity contribution >= 4 is 0 Å². The summed E-state index contributed by atoms with van der Waals surface area (Å²) in [5.41, 5.74) is 2.65. The minimum atomic E-state index is -0.958. The van der Waals surface area contributed by atoms with Crippen LogP contribution in [0.2, 0.25) is 0 Å². The Hall–Kier alpha value is -0.940. The Morgan fingerprint density at radius 2 is 2.00 bits per heavy atom. The number of aliphatic hydroxyl groups excluding tert-OH is 3. The molecule has 0 aromatic heterocycles. The molecule has 4 nitrogen and oxygen atoms in total. The highest BCUT2D eigenvalue weighted by molar-refractivity contribution is 5.38. The van der Waals surface area contributed by atoms with Gasteiger partial charge in [-0.3, -0.25) is 0 Å². The van der Waals surface area contributed by atoms with Gasteiger partial charge in [-0.2, -0.15) is 0 Å². The van der Waals surface area contributed by atoms with Gasteiger partial charge in [0.1, 0.15) is 0 Å². The quantitative estimate of drug-likeness (QED) is 0.471. The van der Waals surface area contributed by atoms with E-state index in [1.54, 1.807) is 6.92 Å². The first-order valence-corrected chi connectivity index (χ1v) is 12.4. The molecule has 3 aliphatic carbocycles. The fourth-order valence-corrected chi connectivity index (χ4v) is 6.76. The van der Waals surface area contributed by atoms with Gasteiger partial charge < -0.3 is 20.4 Å². The fraction of sp³-hybridized carbons (Fsp3) is 0.778. The van der Waals surface area contributed by atoms with Crippen LogP contribution in [0.15, 0.2) is 35.5 Å². The van der Waals surface area contributed by atoms with E-state index in [0.29, 0.717) is 42.4 Å². The number of hydrogen-bond acceptors (Lipinski definition) is 4. The number of fused-ring (bicyclic) bond motifs is 1. The lowest BCUT2D eigenvalue weighted by molar-refractivity contribution is -0.00891. The van der Waals surface area contributed by atoms with Crippen molar-refractivity contribution in [3.63, 3.8) is 0 Å². The van der Waals surface area contributed by atoms with Crippen molar-refractivity contribution in [1.82, 2.24) is 0 Å². The van der Waals surface area contributed by atoms with E-state index in [1.807, 2.05) is 0 Å². The van der Waals surface area contributed by atoms with Crippen molar-refractivity contribution in [2.24, 2.45) is 23.2 Å². The van der Waals surface area contributed by atoms with Crippen LogP contribution in [0.25, 0.3) is 0 Å². The molecule has 3 rings (SSSR count). The number of aliphatic hydroxyl groups is 4. The van der Waals surface area contributed by atoms with E-state index in [1.165, 1.54) is 31.3 Å². The molecule has 0 aromatic rings. The van der Waals surface area contributed by atoms with E-state index in [0.717, 1.165) is 30.4 Å². The summed E-state index contributed by atoms with van der Waals surface area (Å²) >= 11 is 0. The third-order valence-corrected chi connectivity index (χ3v) is 8.70. The van der Waals surface area contributed by atoms with Crippen molar-refractivity contribution in [1.29, 1.82) is 0 Å². The van der Waals surface area contributed by atoms with Crippen LogP contribution in [0.1, 0.15) is 85.0 Å².